The maximum Gasteiger partial charge on any atom is 0.230 e. The normalized spacial score (nSPS) is 19.6. The van der Waals surface area contributed by atoms with E-state index in [4.69, 9.17) is 0 Å². The number of carbonyl (C=O) groups excluding carboxylic acids is 1. The van der Waals surface area contributed by atoms with Crippen LogP contribution < -0.4 is 10.6 Å². The fourth-order valence-corrected chi connectivity index (χ4v) is 2.77. The zero-order valence-corrected chi connectivity index (χ0v) is 12.6. The monoisotopic (exact) mass is 274 g/mol. The van der Waals surface area contributed by atoms with Crippen molar-refractivity contribution in [3.63, 3.8) is 0 Å². The first-order valence-corrected chi connectivity index (χ1v) is 7.65. The molecule has 1 aromatic rings. The minimum Gasteiger partial charge on any atom is -0.355 e. The van der Waals surface area contributed by atoms with Gasteiger partial charge in [0.25, 0.3) is 0 Å². The molecule has 0 spiro atoms. The molecule has 1 aliphatic rings. The predicted octanol–water partition coefficient (Wildman–Crippen LogP) is 2.47. The van der Waals surface area contributed by atoms with Gasteiger partial charge in [-0.05, 0) is 57.7 Å². The van der Waals surface area contributed by atoms with Crippen molar-refractivity contribution in [1.29, 1.82) is 0 Å². The van der Waals surface area contributed by atoms with Gasteiger partial charge in [0.15, 0.2) is 0 Å². The van der Waals surface area contributed by atoms with Crippen molar-refractivity contribution in [2.75, 3.05) is 19.6 Å². The molecule has 1 saturated heterocycles. The van der Waals surface area contributed by atoms with E-state index >= 15 is 0 Å². The van der Waals surface area contributed by atoms with Crippen LogP contribution in [0.4, 0.5) is 0 Å². The van der Waals surface area contributed by atoms with Gasteiger partial charge in [-0.3, -0.25) is 4.79 Å². The molecular formula is C17H26N2O. The third-order valence-electron chi connectivity index (χ3n) is 4.30. The molecule has 1 fully saturated rings. The van der Waals surface area contributed by atoms with Crippen LogP contribution in [0.25, 0.3) is 0 Å². The molecule has 1 heterocycles. The Bertz CT molecular complexity index is 422. The van der Waals surface area contributed by atoms with E-state index in [0.29, 0.717) is 5.92 Å². The first-order chi connectivity index (χ1) is 9.60. The Kier molecular flexibility index (Phi) is 5.18. The Morgan fingerprint density at radius 1 is 1.35 bits per heavy atom. The van der Waals surface area contributed by atoms with Crippen LogP contribution in [0.3, 0.4) is 0 Å². The summed E-state index contributed by atoms with van der Waals surface area (Å²) in [5.74, 6) is 0.830. The van der Waals surface area contributed by atoms with Gasteiger partial charge in [0.05, 0.1) is 5.41 Å². The Morgan fingerprint density at radius 3 is 2.75 bits per heavy atom. The Hall–Kier alpha value is -1.35. The van der Waals surface area contributed by atoms with Crippen LogP contribution in [0, 0.1) is 5.92 Å². The summed E-state index contributed by atoms with van der Waals surface area (Å²) in [5, 5.41) is 6.52. The van der Waals surface area contributed by atoms with Crippen LogP contribution >= 0.6 is 0 Å². The van der Waals surface area contributed by atoms with Gasteiger partial charge >= 0.3 is 0 Å². The molecule has 1 aromatic carbocycles. The molecule has 0 aliphatic carbocycles. The first kappa shape index (κ1) is 15.0. The topological polar surface area (TPSA) is 41.1 Å². The van der Waals surface area contributed by atoms with Crippen LogP contribution in [0.2, 0.25) is 0 Å². The number of carbonyl (C=O) groups is 1. The SMILES string of the molecule is CC(C)(C(=O)NCCC1CCCNC1)c1ccccc1. The molecule has 1 atom stereocenters. The molecule has 3 heteroatoms. The van der Waals surface area contributed by atoms with E-state index in [1.54, 1.807) is 0 Å². The molecule has 1 unspecified atom stereocenters. The Labute approximate surface area is 122 Å². The molecule has 2 rings (SSSR count). The van der Waals surface area contributed by atoms with Gasteiger partial charge in [0.2, 0.25) is 5.91 Å². The lowest BCUT2D eigenvalue weighted by Crippen LogP contribution is -2.41. The highest BCUT2D eigenvalue weighted by Gasteiger charge is 2.29. The number of hydrogen-bond donors (Lipinski definition) is 2. The van der Waals surface area contributed by atoms with Crippen molar-refractivity contribution < 1.29 is 4.79 Å². The van der Waals surface area contributed by atoms with Crippen molar-refractivity contribution in [2.45, 2.75) is 38.5 Å². The lowest BCUT2D eigenvalue weighted by molar-refractivity contribution is -0.125. The minimum atomic E-state index is -0.466. The number of amides is 1. The molecule has 2 N–H and O–H groups in total. The van der Waals surface area contributed by atoms with Gasteiger partial charge < -0.3 is 10.6 Å². The average Bonchev–Trinajstić information content (AvgIpc) is 2.49. The van der Waals surface area contributed by atoms with E-state index < -0.39 is 5.41 Å². The van der Waals surface area contributed by atoms with E-state index in [0.717, 1.165) is 31.6 Å². The van der Waals surface area contributed by atoms with E-state index in [9.17, 15) is 4.79 Å². The third kappa shape index (κ3) is 3.83. The van der Waals surface area contributed by atoms with Crippen molar-refractivity contribution >= 4 is 5.91 Å². The van der Waals surface area contributed by atoms with Crippen molar-refractivity contribution in [2.24, 2.45) is 5.92 Å². The van der Waals surface area contributed by atoms with Crippen LogP contribution in [0.5, 0.6) is 0 Å². The van der Waals surface area contributed by atoms with E-state index in [-0.39, 0.29) is 5.91 Å². The standard InChI is InChI=1S/C17H26N2O/c1-17(2,15-8-4-3-5-9-15)16(20)19-12-10-14-7-6-11-18-13-14/h3-5,8-9,14,18H,6-7,10-13H2,1-2H3,(H,19,20). The summed E-state index contributed by atoms with van der Waals surface area (Å²) in [6, 6.07) is 9.99. The molecule has 1 aliphatic heterocycles. The third-order valence-corrected chi connectivity index (χ3v) is 4.30. The molecule has 0 bridgehead atoms. The van der Waals surface area contributed by atoms with Gasteiger partial charge in [-0.15, -0.1) is 0 Å². The molecule has 3 nitrogen and oxygen atoms in total. The van der Waals surface area contributed by atoms with Gasteiger partial charge in [-0.2, -0.15) is 0 Å². The zero-order chi connectivity index (χ0) is 14.4. The molecule has 0 saturated carbocycles. The van der Waals surface area contributed by atoms with Gasteiger partial charge in [-0.1, -0.05) is 30.3 Å². The summed E-state index contributed by atoms with van der Waals surface area (Å²) in [6.07, 6.45) is 3.61. The van der Waals surface area contributed by atoms with Crippen molar-refractivity contribution in [1.82, 2.24) is 10.6 Å². The zero-order valence-electron chi connectivity index (χ0n) is 12.6. The lowest BCUT2D eigenvalue weighted by atomic mass is 9.83. The molecule has 110 valence electrons. The number of benzene rings is 1. The van der Waals surface area contributed by atoms with Gasteiger partial charge in [-0.25, -0.2) is 0 Å². The second-order valence-electron chi connectivity index (χ2n) is 6.25. The van der Waals surface area contributed by atoms with E-state index in [2.05, 4.69) is 10.6 Å². The van der Waals surface area contributed by atoms with Crippen molar-refractivity contribution in [3.8, 4) is 0 Å². The van der Waals surface area contributed by atoms with E-state index in [1.165, 1.54) is 12.8 Å². The van der Waals surface area contributed by atoms with Crippen molar-refractivity contribution in [3.05, 3.63) is 35.9 Å². The van der Waals surface area contributed by atoms with Crippen LogP contribution in [0.15, 0.2) is 30.3 Å². The quantitative estimate of drug-likeness (QED) is 0.866. The maximum atomic E-state index is 12.4. The highest BCUT2D eigenvalue weighted by Crippen LogP contribution is 2.23. The highest BCUT2D eigenvalue weighted by atomic mass is 16.2. The van der Waals surface area contributed by atoms with E-state index in [1.807, 2.05) is 44.2 Å². The number of hydrogen-bond acceptors (Lipinski definition) is 2. The Morgan fingerprint density at radius 2 is 2.10 bits per heavy atom. The van der Waals surface area contributed by atoms with Crippen LogP contribution in [-0.2, 0) is 10.2 Å². The summed E-state index contributed by atoms with van der Waals surface area (Å²) in [7, 11) is 0. The van der Waals surface area contributed by atoms with Gasteiger partial charge in [0.1, 0.15) is 0 Å². The summed E-state index contributed by atoms with van der Waals surface area (Å²) in [5.41, 5.74) is 0.600. The molecular weight excluding hydrogens is 248 g/mol. The second-order valence-corrected chi connectivity index (χ2v) is 6.25. The highest BCUT2D eigenvalue weighted by molar-refractivity contribution is 5.87. The first-order valence-electron chi connectivity index (χ1n) is 7.65. The predicted molar refractivity (Wildman–Crippen MR) is 82.7 cm³/mol. The Balaban J connectivity index is 1.81. The number of piperidine rings is 1. The molecule has 20 heavy (non-hydrogen) atoms. The fourth-order valence-electron chi connectivity index (χ4n) is 2.77. The van der Waals surface area contributed by atoms with Crippen LogP contribution in [0.1, 0.15) is 38.7 Å². The number of rotatable bonds is 5. The molecule has 0 aromatic heterocycles. The minimum absolute atomic E-state index is 0.118. The number of nitrogens with one attached hydrogen (secondary N) is 2. The second kappa shape index (κ2) is 6.89. The summed E-state index contributed by atoms with van der Waals surface area (Å²) < 4.78 is 0. The smallest absolute Gasteiger partial charge is 0.230 e. The average molecular weight is 274 g/mol. The molecule has 0 radical (unpaired) electrons. The summed E-state index contributed by atoms with van der Waals surface area (Å²) in [4.78, 5) is 12.4. The van der Waals surface area contributed by atoms with Crippen LogP contribution in [-0.4, -0.2) is 25.5 Å². The summed E-state index contributed by atoms with van der Waals surface area (Å²) >= 11 is 0. The summed E-state index contributed by atoms with van der Waals surface area (Å²) in [6.45, 7) is 6.99. The largest absolute Gasteiger partial charge is 0.355 e. The molecule has 1 amide bonds. The maximum absolute atomic E-state index is 12.4. The fraction of sp³-hybridized carbons (Fsp3) is 0.588. The lowest BCUT2D eigenvalue weighted by Gasteiger charge is -2.26. The van der Waals surface area contributed by atoms with Gasteiger partial charge in [0, 0.05) is 6.54 Å².